The fourth-order valence-electron chi connectivity index (χ4n) is 1.28. The molecule has 0 saturated carbocycles. The van der Waals surface area contributed by atoms with Crippen molar-refractivity contribution < 1.29 is 4.79 Å². The largest absolute Gasteiger partial charge is 0.397 e. The van der Waals surface area contributed by atoms with E-state index in [1.807, 2.05) is 6.92 Å². The van der Waals surface area contributed by atoms with Gasteiger partial charge in [0.2, 0.25) is 5.91 Å². The molecule has 1 aromatic heterocycles. The number of hydrogen-bond donors (Lipinski definition) is 2. The Balaban J connectivity index is 1.88. The van der Waals surface area contributed by atoms with Gasteiger partial charge in [0.25, 0.3) is 0 Å². The molecule has 3 N–H and O–H groups in total. The van der Waals surface area contributed by atoms with E-state index in [2.05, 4.69) is 14.7 Å². The van der Waals surface area contributed by atoms with Crippen molar-refractivity contribution in [3.8, 4) is 0 Å². The number of carbonyl (C=O) groups is 1. The molecule has 0 atom stereocenters. The van der Waals surface area contributed by atoms with Crippen molar-refractivity contribution in [1.29, 1.82) is 0 Å². The second-order valence-electron chi connectivity index (χ2n) is 3.68. The van der Waals surface area contributed by atoms with Gasteiger partial charge in [0.05, 0.1) is 16.5 Å². The number of halogens is 1. The van der Waals surface area contributed by atoms with Gasteiger partial charge in [-0.05, 0) is 36.7 Å². The third kappa shape index (κ3) is 4.09. The van der Waals surface area contributed by atoms with E-state index in [0.717, 1.165) is 10.2 Å². The van der Waals surface area contributed by atoms with E-state index in [1.54, 1.807) is 18.2 Å². The minimum Gasteiger partial charge on any atom is -0.397 e. The second-order valence-corrected chi connectivity index (χ2v) is 6.06. The number of nitrogens with one attached hydrogen (secondary N) is 1. The van der Waals surface area contributed by atoms with E-state index in [1.165, 1.54) is 23.3 Å². The van der Waals surface area contributed by atoms with Gasteiger partial charge in [-0.3, -0.25) is 4.79 Å². The van der Waals surface area contributed by atoms with E-state index >= 15 is 0 Å². The zero-order chi connectivity index (χ0) is 13.8. The molecule has 19 heavy (non-hydrogen) atoms. The predicted molar refractivity (Wildman–Crippen MR) is 79.9 cm³/mol. The van der Waals surface area contributed by atoms with E-state index in [0.29, 0.717) is 16.4 Å². The maximum absolute atomic E-state index is 11.7. The highest BCUT2D eigenvalue weighted by molar-refractivity contribution is 8.01. The minimum atomic E-state index is -0.125. The van der Waals surface area contributed by atoms with Gasteiger partial charge < -0.3 is 11.1 Å². The van der Waals surface area contributed by atoms with Crippen LogP contribution in [0.15, 0.2) is 22.5 Å². The summed E-state index contributed by atoms with van der Waals surface area (Å²) in [7, 11) is 0. The Morgan fingerprint density at radius 3 is 3.00 bits per heavy atom. The Morgan fingerprint density at radius 1 is 1.58 bits per heavy atom. The van der Waals surface area contributed by atoms with Crippen LogP contribution < -0.4 is 11.1 Å². The first kappa shape index (κ1) is 14.1. The van der Waals surface area contributed by atoms with Gasteiger partial charge in [0.1, 0.15) is 5.82 Å². The van der Waals surface area contributed by atoms with Crippen LogP contribution in [0.1, 0.15) is 5.82 Å². The number of nitrogens with zero attached hydrogens (tertiary/aromatic N) is 2. The molecule has 2 aromatic rings. The molecule has 0 radical (unpaired) electrons. The number of aromatic nitrogens is 2. The van der Waals surface area contributed by atoms with Crippen molar-refractivity contribution >= 4 is 52.2 Å². The quantitative estimate of drug-likeness (QED) is 0.670. The lowest BCUT2D eigenvalue weighted by atomic mass is 10.3. The van der Waals surface area contributed by atoms with Crippen molar-refractivity contribution in [3.05, 3.63) is 29.0 Å². The topological polar surface area (TPSA) is 80.9 Å². The van der Waals surface area contributed by atoms with Crippen LogP contribution in [0.5, 0.6) is 0 Å². The van der Waals surface area contributed by atoms with E-state index in [9.17, 15) is 4.79 Å². The van der Waals surface area contributed by atoms with Gasteiger partial charge in [0.15, 0.2) is 4.34 Å². The Bertz CT molecular complexity index is 602. The Kier molecular flexibility index (Phi) is 4.62. The first-order valence-electron chi connectivity index (χ1n) is 5.32. The second kappa shape index (κ2) is 6.23. The molecule has 0 bridgehead atoms. The molecule has 8 heteroatoms. The van der Waals surface area contributed by atoms with Crippen LogP contribution in [-0.4, -0.2) is 21.0 Å². The van der Waals surface area contributed by atoms with Crippen LogP contribution in [-0.2, 0) is 4.79 Å². The van der Waals surface area contributed by atoms with Crippen LogP contribution in [0.3, 0.4) is 0 Å². The monoisotopic (exact) mass is 314 g/mol. The lowest BCUT2D eigenvalue weighted by molar-refractivity contribution is -0.113. The number of hydrogen-bond acceptors (Lipinski definition) is 6. The molecule has 0 spiro atoms. The average Bonchev–Trinajstić information content (AvgIpc) is 2.77. The summed E-state index contributed by atoms with van der Waals surface area (Å²) in [5, 5.41) is 3.21. The molecule has 1 heterocycles. The number of amides is 1. The highest BCUT2D eigenvalue weighted by atomic mass is 35.5. The number of anilines is 2. The van der Waals surface area contributed by atoms with Crippen molar-refractivity contribution in [2.24, 2.45) is 0 Å². The number of nitrogen functional groups attached to an aromatic ring is 1. The summed E-state index contributed by atoms with van der Waals surface area (Å²) in [6.07, 6.45) is 0. The molecule has 0 saturated heterocycles. The number of benzene rings is 1. The van der Waals surface area contributed by atoms with E-state index in [-0.39, 0.29) is 11.7 Å². The summed E-state index contributed by atoms with van der Waals surface area (Å²) in [5.74, 6) is 0.870. The summed E-state index contributed by atoms with van der Waals surface area (Å²) < 4.78 is 4.83. The van der Waals surface area contributed by atoms with Gasteiger partial charge in [0, 0.05) is 5.69 Å². The van der Waals surface area contributed by atoms with Gasteiger partial charge >= 0.3 is 0 Å². The predicted octanol–water partition coefficient (Wildman–Crippen LogP) is 2.81. The molecule has 2 rings (SSSR count). The van der Waals surface area contributed by atoms with Crippen LogP contribution in [0.2, 0.25) is 5.02 Å². The molecule has 1 aromatic carbocycles. The first-order chi connectivity index (χ1) is 9.04. The number of carbonyl (C=O) groups excluding carboxylic acids is 1. The molecule has 0 aliphatic carbocycles. The van der Waals surface area contributed by atoms with Gasteiger partial charge in [-0.2, -0.15) is 4.37 Å². The third-order valence-electron chi connectivity index (χ3n) is 2.12. The minimum absolute atomic E-state index is 0.125. The molecule has 1 amide bonds. The van der Waals surface area contributed by atoms with Crippen LogP contribution in [0.4, 0.5) is 11.4 Å². The molecule has 5 nitrogen and oxygen atoms in total. The standard InChI is InChI=1S/C11H11ClN4OS2/c1-6-14-11(19-16-6)18-5-10(17)15-7-2-3-8(12)9(13)4-7/h2-4H,5,13H2,1H3,(H,15,17). The zero-order valence-electron chi connectivity index (χ0n) is 10.0. The van der Waals surface area contributed by atoms with Gasteiger partial charge in [-0.25, -0.2) is 4.98 Å². The highest BCUT2D eigenvalue weighted by Gasteiger charge is 2.07. The molecular formula is C11H11ClN4OS2. The molecule has 0 aliphatic rings. The summed E-state index contributed by atoms with van der Waals surface area (Å²) in [5.41, 5.74) is 6.72. The molecule has 0 aliphatic heterocycles. The number of nitrogens with two attached hydrogens (primary N) is 1. The third-order valence-corrected chi connectivity index (χ3v) is 4.38. The van der Waals surface area contributed by atoms with Crippen molar-refractivity contribution in [2.75, 3.05) is 16.8 Å². The van der Waals surface area contributed by atoms with Crippen molar-refractivity contribution in [3.63, 3.8) is 0 Å². The molecular weight excluding hydrogens is 304 g/mol. The fourth-order valence-corrected chi connectivity index (χ4v) is 2.85. The van der Waals surface area contributed by atoms with E-state index in [4.69, 9.17) is 17.3 Å². The summed E-state index contributed by atoms with van der Waals surface area (Å²) in [6, 6.07) is 4.98. The summed E-state index contributed by atoms with van der Waals surface area (Å²) >= 11 is 8.44. The van der Waals surface area contributed by atoms with Gasteiger partial charge in [-0.1, -0.05) is 23.4 Å². The SMILES string of the molecule is Cc1nsc(SCC(=O)Nc2ccc(Cl)c(N)c2)n1. The van der Waals surface area contributed by atoms with Crippen LogP contribution >= 0.6 is 34.9 Å². The Morgan fingerprint density at radius 2 is 2.37 bits per heavy atom. The van der Waals surface area contributed by atoms with Crippen LogP contribution in [0.25, 0.3) is 0 Å². The van der Waals surface area contributed by atoms with Gasteiger partial charge in [-0.15, -0.1) is 0 Å². The smallest absolute Gasteiger partial charge is 0.234 e. The van der Waals surface area contributed by atoms with Crippen molar-refractivity contribution in [1.82, 2.24) is 9.36 Å². The van der Waals surface area contributed by atoms with Crippen LogP contribution in [0, 0.1) is 6.92 Å². The summed E-state index contributed by atoms with van der Waals surface area (Å²) in [6.45, 7) is 1.82. The van der Waals surface area contributed by atoms with E-state index < -0.39 is 0 Å². The average molecular weight is 315 g/mol. The maximum atomic E-state index is 11.7. The maximum Gasteiger partial charge on any atom is 0.234 e. The molecule has 100 valence electrons. The molecule has 0 fully saturated rings. The Labute approximate surface area is 123 Å². The lowest BCUT2D eigenvalue weighted by Crippen LogP contribution is -2.14. The number of thioether (sulfide) groups is 1. The normalized spacial score (nSPS) is 10.4. The number of aryl methyl sites for hydroxylation is 1. The molecule has 0 unspecified atom stereocenters. The fraction of sp³-hybridized carbons (Fsp3) is 0.182. The highest BCUT2D eigenvalue weighted by Crippen LogP contribution is 2.23. The summed E-state index contributed by atoms with van der Waals surface area (Å²) in [4.78, 5) is 15.9. The Hall–Kier alpha value is -1.31. The zero-order valence-corrected chi connectivity index (χ0v) is 12.4. The lowest BCUT2D eigenvalue weighted by Gasteiger charge is -2.06. The first-order valence-corrected chi connectivity index (χ1v) is 7.46. The number of rotatable bonds is 4. The van der Waals surface area contributed by atoms with Crippen molar-refractivity contribution in [2.45, 2.75) is 11.3 Å².